The van der Waals surface area contributed by atoms with E-state index in [4.69, 9.17) is 23.2 Å². The molecule has 0 radical (unpaired) electrons. The van der Waals surface area contributed by atoms with Gasteiger partial charge in [-0.2, -0.15) is 0 Å². The number of nitrogens with zero attached hydrogens (tertiary/aromatic N) is 1. The zero-order valence-electron chi connectivity index (χ0n) is 10.5. The van der Waals surface area contributed by atoms with Gasteiger partial charge in [-0.3, -0.25) is 0 Å². The molecule has 0 heterocycles. The highest BCUT2D eigenvalue weighted by Gasteiger charge is 2.30. The Morgan fingerprint density at radius 3 is 2.17 bits per heavy atom. The average Bonchev–Trinajstić information content (AvgIpc) is 3.23. The van der Waals surface area contributed by atoms with E-state index in [2.05, 4.69) is 17.0 Å². The van der Waals surface area contributed by atoms with Gasteiger partial charge in [-0.25, -0.2) is 0 Å². The Kier molecular flexibility index (Phi) is 3.72. The van der Waals surface area contributed by atoms with Crippen LogP contribution in [0.25, 0.3) is 0 Å². The lowest BCUT2D eigenvalue weighted by Crippen LogP contribution is -2.28. The summed E-state index contributed by atoms with van der Waals surface area (Å²) >= 11 is 12.2. The zero-order valence-corrected chi connectivity index (χ0v) is 12.1. The van der Waals surface area contributed by atoms with Gasteiger partial charge in [-0.05, 0) is 55.2 Å². The van der Waals surface area contributed by atoms with Crippen molar-refractivity contribution in [3.05, 3.63) is 28.8 Å². The van der Waals surface area contributed by atoms with Crippen LogP contribution in [0, 0.1) is 11.8 Å². The van der Waals surface area contributed by atoms with Crippen molar-refractivity contribution < 1.29 is 0 Å². The molecule has 0 amide bonds. The molecule has 0 unspecified atom stereocenters. The van der Waals surface area contributed by atoms with Gasteiger partial charge in [0.2, 0.25) is 0 Å². The number of benzene rings is 1. The SMILES string of the molecule is ClCc1ccc(Cl)cc1N(CC1CC1)CC1CC1. The molecule has 1 aromatic carbocycles. The van der Waals surface area contributed by atoms with Crippen LogP contribution in [0.1, 0.15) is 31.2 Å². The summed E-state index contributed by atoms with van der Waals surface area (Å²) < 4.78 is 0. The third kappa shape index (κ3) is 3.13. The summed E-state index contributed by atoms with van der Waals surface area (Å²) in [5, 5.41) is 0.815. The highest BCUT2D eigenvalue weighted by molar-refractivity contribution is 6.31. The van der Waals surface area contributed by atoms with Crippen LogP contribution in [-0.4, -0.2) is 13.1 Å². The Bertz CT molecular complexity index is 411. The summed E-state index contributed by atoms with van der Waals surface area (Å²) in [4.78, 5) is 2.53. The van der Waals surface area contributed by atoms with Gasteiger partial charge in [0.05, 0.1) is 0 Å². The second kappa shape index (κ2) is 5.30. The number of anilines is 1. The van der Waals surface area contributed by atoms with Crippen LogP contribution >= 0.6 is 23.2 Å². The average molecular weight is 284 g/mol. The third-order valence-electron chi connectivity index (χ3n) is 3.88. The molecule has 2 saturated carbocycles. The fourth-order valence-electron chi connectivity index (χ4n) is 2.44. The second-order valence-corrected chi connectivity index (χ2v) is 6.40. The van der Waals surface area contributed by atoms with Crippen LogP contribution in [0.3, 0.4) is 0 Å². The quantitative estimate of drug-likeness (QED) is 0.684. The molecule has 0 saturated heterocycles. The highest BCUT2D eigenvalue weighted by atomic mass is 35.5. The number of hydrogen-bond donors (Lipinski definition) is 0. The molecule has 18 heavy (non-hydrogen) atoms. The number of halogens is 2. The van der Waals surface area contributed by atoms with Crippen LogP contribution in [-0.2, 0) is 5.88 Å². The molecule has 0 aliphatic heterocycles. The lowest BCUT2D eigenvalue weighted by Gasteiger charge is -2.27. The molecule has 0 atom stereocenters. The lowest BCUT2D eigenvalue weighted by molar-refractivity contribution is 0.677. The Balaban J connectivity index is 1.83. The summed E-state index contributed by atoms with van der Waals surface area (Å²) in [6.45, 7) is 2.36. The van der Waals surface area contributed by atoms with E-state index in [0.29, 0.717) is 5.88 Å². The monoisotopic (exact) mass is 283 g/mol. The van der Waals surface area contributed by atoms with Crippen LogP contribution in [0.5, 0.6) is 0 Å². The summed E-state index contributed by atoms with van der Waals surface area (Å²) in [6, 6.07) is 6.09. The molecule has 0 bridgehead atoms. The van der Waals surface area contributed by atoms with Crippen LogP contribution in [0.4, 0.5) is 5.69 Å². The Morgan fingerprint density at radius 2 is 1.67 bits per heavy atom. The summed E-state index contributed by atoms with van der Waals surface area (Å²) in [6.07, 6.45) is 5.55. The first-order valence-electron chi connectivity index (χ1n) is 6.85. The smallest absolute Gasteiger partial charge is 0.0494 e. The first-order valence-corrected chi connectivity index (χ1v) is 7.77. The van der Waals surface area contributed by atoms with Crippen molar-refractivity contribution in [2.45, 2.75) is 31.6 Å². The van der Waals surface area contributed by atoms with Crippen molar-refractivity contribution in [3.63, 3.8) is 0 Å². The molecular weight excluding hydrogens is 265 g/mol. The van der Waals surface area contributed by atoms with Crippen molar-refractivity contribution in [2.24, 2.45) is 11.8 Å². The van der Waals surface area contributed by atoms with Gasteiger partial charge in [0.15, 0.2) is 0 Å². The summed E-state index contributed by atoms with van der Waals surface area (Å²) in [5.41, 5.74) is 2.47. The molecule has 2 aliphatic rings. The van der Waals surface area contributed by atoms with Gasteiger partial charge in [0.25, 0.3) is 0 Å². The molecule has 1 nitrogen and oxygen atoms in total. The number of rotatable bonds is 6. The molecule has 0 aromatic heterocycles. The normalized spacial score (nSPS) is 19.0. The summed E-state index contributed by atoms with van der Waals surface area (Å²) in [5.74, 6) is 2.36. The van der Waals surface area contributed by atoms with Crippen molar-refractivity contribution >= 4 is 28.9 Å². The number of alkyl halides is 1. The van der Waals surface area contributed by atoms with Gasteiger partial charge >= 0.3 is 0 Å². The molecule has 98 valence electrons. The fraction of sp³-hybridized carbons (Fsp3) is 0.600. The maximum absolute atomic E-state index is 6.15. The molecular formula is C15H19Cl2N. The van der Waals surface area contributed by atoms with Crippen molar-refractivity contribution in [2.75, 3.05) is 18.0 Å². The van der Waals surface area contributed by atoms with E-state index >= 15 is 0 Å². The van der Waals surface area contributed by atoms with Crippen molar-refractivity contribution in [1.29, 1.82) is 0 Å². The first-order chi connectivity index (χ1) is 8.76. The maximum atomic E-state index is 6.15. The minimum Gasteiger partial charge on any atom is -0.371 e. The molecule has 0 N–H and O–H groups in total. The summed E-state index contributed by atoms with van der Waals surface area (Å²) in [7, 11) is 0. The van der Waals surface area contributed by atoms with Crippen LogP contribution in [0.2, 0.25) is 5.02 Å². The van der Waals surface area contributed by atoms with Gasteiger partial charge in [0.1, 0.15) is 0 Å². The van der Waals surface area contributed by atoms with E-state index in [-0.39, 0.29) is 0 Å². The third-order valence-corrected chi connectivity index (χ3v) is 4.41. The fourth-order valence-corrected chi connectivity index (χ4v) is 2.83. The largest absolute Gasteiger partial charge is 0.371 e. The predicted molar refractivity (Wildman–Crippen MR) is 78.7 cm³/mol. The predicted octanol–water partition coefficient (Wildman–Crippen LogP) is 4.71. The van der Waals surface area contributed by atoms with E-state index in [1.165, 1.54) is 50.0 Å². The van der Waals surface area contributed by atoms with Crippen LogP contribution < -0.4 is 4.90 Å². The van der Waals surface area contributed by atoms with Gasteiger partial charge < -0.3 is 4.90 Å². The molecule has 0 spiro atoms. The Morgan fingerprint density at radius 1 is 1.06 bits per heavy atom. The van der Waals surface area contributed by atoms with E-state index in [9.17, 15) is 0 Å². The Labute approximate surface area is 119 Å². The van der Waals surface area contributed by atoms with Gasteiger partial charge in [-0.1, -0.05) is 17.7 Å². The second-order valence-electron chi connectivity index (χ2n) is 5.70. The maximum Gasteiger partial charge on any atom is 0.0494 e. The van der Waals surface area contributed by atoms with Crippen LogP contribution in [0.15, 0.2) is 18.2 Å². The minimum atomic E-state index is 0.568. The van der Waals surface area contributed by atoms with E-state index < -0.39 is 0 Å². The molecule has 1 aromatic rings. The minimum absolute atomic E-state index is 0.568. The lowest BCUT2D eigenvalue weighted by atomic mass is 10.1. The number of hydrogen-bond acceptors (Lipinski definition) is 1. The standard InChI is InChI=1S/C15H19Cl2N/c16-8-13-5-6-14(17)7-15(13)18(9-11-1-2-11)10-12-3-4-12/h5-7,11-12H,1-4,8-10H2. The zero-order chi connectivity index (χ0) is 12.5. The molecule has 3 heteroatoms. The topological polar surface area (TPSA) is 3.24 Å². The first kappa shape index (κ1) is 12.6. The van der Waals surface area contributed by atoms with E-state index in [0.717, 1.165) is 16.9 Å². The molecule has 2 fully saturated rings. The van der Waals surface area contributed by atoms with E-state index in [1.54, 1.807) is 0 Å². The Hall–Kier alpha value is -0.400. The molecule has 3 rings (SSSR count). The van der Waals surface area contributed by atoms with Gasteiger partial charge in [0, 0.05) is 29.7 Å². The molecule has 2 aliphatic carbocycles. The van der Waals surface area contributed by atoms with Gasteiger partial charge in [-0.15, -0.1) is 11.6 Å². The van der Waals surface area contributed by atoms with Crippen molar-refractivity contribution in [3.8, 4) is 0 Å². The highest BCUT2D eigenvalue weighted by Crippen LogP contribution is 2.37. The van der Waals surface area contributed by atoms with E-state index in [1.807, 2.05) is 6.07 Å². The van der Waals surface area contributed by atoms with Crippen molar-refractivity contribution in [1.82, 2.24) is 0 Å².